The summed E-state index contributed by atoms with van der Waals surface area (Å²) in [5, 5.41) is 5.12. The van der Waals surface area contributed by atoms with E-state index in [1.54, 1.807) is 12.1 Å². The summed E-state index contributed by atoms with van der Waals surface area (Å²) in [6.07, 6.45) is 9.12. The highest BCUT2D eigenvalue weighted by molar-refractivity contribution is 9.10. The van der Waals surface area contributed by atoms with E-state index in [0.29, 0.717) is 39.5 Å². The van der Waals surface area contributed by atoms with Crippen LogP contribution in [-0.4, -0.2) is 37.0 Å². The Morgan fingerprint density at radius 3 is 2.19 bits per heavy atom. The molecule has 9 nitrogen and oxygen atoms in total. The van der Waals surface area contributed by atoms with E-state index in [4.69, 9.17) is 9.47 Å². The highest BCUT2D eigenvalue weighted by atomic mass is 79.9. The number of anilines is 2. The first-order chi connectivity index (χ1) is 23.1. The number of carbonyl (C=O) groups excluding carboxylic acids is 4. The van der Waals surface area contributed by atoms with Crippen molar-refractivity contribution in [3.05, 3.63) is 87.4 Å². The molecule has 4 saturated carbocycles. The van der Waals surface area contributed by atoms with Gasteiger partial charge in [-0.2, -0.15) is 0 Å². The average Bonchev–Trinajstić information content (AvgIpc) is 3.04. The molecule has 3 aromatic rings. The normalized spacial score (nSPS) is 25.3. The van der Waals surface area contributed by atoms with Crippen LogP contribution in [0.3, 0.4) is 0 Å². The minimum atomic E-state index is -0.788. The average molecular weight is 713 g/mol. The van der Waals surface area contributed by atoms with Gasteiger partial charge in [-0.1, -0.05) is 45.8 Å². The number of carbonyl (C=O) groups is 4. The van der Waals surface area contributed by atoms with Gasteiger partial charge in [0, 0.05) is 10.2 Å². The number of imide groups is 2. The second-order valence-corrected chi connectivity index (χ2v) is 14.5. The molecule has 4 aliphatic carbocycles. The smallest absolute Gasteiger partial charge is 0.335 e. The zero-order valence-electron chi connectivity index (χ0n) is 27.0. The van der Waals surface area contributed by atoms with Crippen LogP contribution in [0.2, 0.25) is 0 Å². The van der Waals surface area contributed by atoms with E-state index in [9.17, 15) is 19.2 Å². The Kier molecular flexibility index (Phi) is 8.62. The number of benzene rings is 3. The molecule has 2 N–H and O–H groups in total. The van der Waals surface area contributed by atoms with Gasteiger partial charge in [-0.3, -0.25) is 19.7 Å². The summed E-state index contributed by atoms with van der Waals surface area (Å²) in [5.74, 6) is 1.19. The van der Waals surface area contributed by atoms with E-state index in [1.165, 1.54) is 50.2 Å². The molecule has 0 unspecified atom stereocenters. The summed E-state index contributed by atoms with van der Waals surface area (Å²) < 4.78 is 12.1. The maximum atomic E-state index is 13.8. The quantitative estimate of drug-likeness (QED) is 0.178. The molecular formula is C38H38BrN3O6. The first-order valence-electron chi connectivity index (χ1n) is 16.6. The van der Waals surface area contributed by atoms with Gasteiger partial charge >= 0.3 is 6.03 Å². The Hall–Kier alpha value is -4.44. The topological polar surface area (TPSA) is 114 Å². The van der Waals surface area contributed by atoms with Crippen LogP contribution < -0.4 is 25.0 Å². The summed E-state index contributed by atoms with van der Waals surface area (Å²) in [7, 11) is 0. The zero-order chi connectivity index (χ0) is 33.6. The molecule has 10 heteroatoms. The highest BCUT2D eigenvalue weighted by Crippen LogP contribution is 2.60. The van der Waals surface area contributed by atoms with Crippen molar-refractivity contribution in [2.45, 2.75) is 57.8 Å². The number of ether oxygens (including phenoxy) is 2. The van der Waals surface area contributed by atoms with Gasteiger partial charge in [-0.25, -0.2) is 9.69 Å². The number of nitrogens with one attached hydrogen (secondary N) is 2. The van der Waals surface area contributed by atoms with Gasteiger partial charge in [0.25, 0.3) is 17.7 Å². The molecule has 0 radical (unpaired) electrons. The lowest BCUT2D eigenvalue weighted by Gasteiger charge is -2.57. The number of urea groups is 1. The molecule has 48 heavy (non-hydrogen) atoms. The fourth-order valence-electron chi connectivity index (χ4n) is 8.50. The number of amides is 5. The molecule has 3 aromatic carbocycles. The lowest BCUT2D eigenvalue weighted by Crippen LogP contribution is -2.54. The van der Waals surface area contributed by atoms with Crippen molar-refractivity contribution in [2.24, 2.45) is 17.8 Å². The number of hydrogen-bond acceptors (Lipinski definition) is 6. The van der Waals surface area contributed by atoms with Gasteiger partial charge < -0.3 is 14.8 Å². The van der Waals surface area contributed by atoms with Crippen LogP contribution in [0.5, 0.6) is 11.5 Å². The minimum absolute atomic E-state index is 0.188. The first-order valence-corrected chi connectivity index (χ1v) is 17.4. The Bertz CT molecular complexity index is 1780. The monoisotopic (exact) mass is 711 g/mol. The SMILES string of the molecule is CCOc1cc(/C=C2\C(=O)NC(=O)N(c3ccc(C45CC6CC(CC(C6)C4)C5)cc3)C2=O)c(Br)cc1OCC(=O)Nc1ccc(C)cc1. The molecule has 248 valence electrons. The number of rotatable bonds is 9. The van der Waals surface area contributed by atoms with Crippen molar-refractivity contribution < 1.29 is 28.7 Å². The van der Waals surface area contributed by atoms with E-state index < -0.39 is 17.8 Å². The van der Waals surface area contributed by atoms with E-state index in [0.717, 1.165) is 28.2 Å². The molecule has 1 saturated heterocycles. The number of hydrogen-bond donors (Lipinski definition) is 2. The van der Waals surface area contributed by atoms with Gasteiger partial charge in [0.05, 0.1) is 12.3 Å². The van der Waals surface area contributed by atoms with Crippen LogP contribution in [0.15, 0.2) is 70.7 Å². The van der Waals surface area contributed by atoms with Crippen LogP contribution in [-0.2, 0) is 19.8 Å². The molecule has 0 spiro atoms. The van der Waals surface area contributed by atoms with Crippen molar-refractivity contribution in [3.63, 3.8) is 0 Å². The molecule has 5 amide bonds. The van der Waals surface area contributed by atoms with Crippen molar-refractivity contribution in [2.75, 3.05) is 23.4 Å². The van der Waals surface area contributed by atoms with E-state index in [2.05, 4.69) is 38.7 Å². The van der Waals surface area contributed by atoms with Gasteiger partial charge in [0.2, 0.25) is 0 Å². The van der Waals surface area contributed by atoms with Crippen LogP contribution in [0.25, 0.3) is 6.08 Å². The maximum Gasteiger partial charge on any atom is 0.335 e. The van der Waals surface area contributed by atoms with E-state index in [-0.39, 0.29) is 23.5 Å². The first kappa shape index (κ1) is 32.1. The van der Waals surface area contributed by atoms with E-state index >= 15 is 0 Å². The second kappa shape index (κ2) is 12.9. The minimum Gasteiger partial charge on any atom is -0.490 e. The van der Waals surface area contributed by atoms with Crippen LogP contribution in [0.4, 0.5) is 16.2 Å². The third-order valence-electron chi connectivity index (χ3n) is 10.2. The molecular weight excluding hydrogens is 674 g/mol. The van der Waals surface area contributed by atoms with Gasteiger partial charge in [-0.05, 0) is 129 Å². The van der Waals surface area contributed by atoms with Crippen LogP contribution in [0.1, 0.15) is 62.1 Å². The number of barbiturate groups is 1. The van der Waals surface area contributed by atoms with Crippen molar-refractivity contribution >= 4 is 57.1 Å². The summed E-state index contributed by atoms with van der Waals surface area (Å²) in [6.45, 7) is 3.82. The third kappa shape index (κ3) is 6.25. The molecule has 0 atom stereocenters. The van der Waals surface area contributed by atoms with Gasteiger partial charge in [-0.15, -0.1) is 0 Å². The van der Waals surface area contributed by atoms with Crippen LogP contribution in [0, 0.1) is 24.7 Å². The highest BCUT2D eigenvalue weighted by Gasteiger charge is 2.51. The number of halogens is 1. The maximum absolute atomic E-state index is 13.8. The van der Waals surface area contributed by atoms with Gasteiger partial charge in [0.1, 0.15) is 5.57 Å². The van der Waals surface area contributed by atoms with Crippen molar-refractivity contribution in [3.8, 4) is 11.5 Å². The Morgan fingerprint density at radius 2 is 1.56 bits per heavy atom. The van der Waals surface area contributed by atoms with E-state index in [1.807, 2.05) is 50.2 Å². The predicted molar refractivity (Wildman–Crippen MR) is 186 cm³/mol. The number of nitrogens with zero attached hydrogens (tertiary/aromatic N) is 1. The van der Waals surface area contributed by atoms with Crippen molar-refractivity contribution in [1.82, 2.24) is 5.32 Å². The fraction of sp³-hybridized carbons (Fsp3) is 0.368. The Balaban J connectivity index is 1.10. The van der Waals surface area contributed by atoms with Crippen LogP contribution >= 0.6 is 15.9 Å². The second-order valence-electron chi connectivity index (χ2n) is 13.7. The predicted octanol–water partition coefficient (Wildman–Crippen LogP) is 7.31. The molecule has 1 aliphatic heterocycles. The summed E-state index contributed by atoms with van der Waals surface area (Å²) in [5.41, 5.74) is 3.87. The lowest BCUT2D eigenvalue weighted by molar-refractivity contribution is -0.122. The fourth-order valence-corrected chi connectivity index (χ4v) is 8.93. The molecule has 0 aromatic heterocycles. The largest absolute Gasteiger partial charge is 0.490 e. The Labute approximate surface area is 288 Å². The molecule has 5 aliphatic rings. The lowest BCUT2D eigenvalue weighted by atomic mass is 9.48. The standard InChI is InChI=1S/C38H38BrN3O6/c1-3-47-32-16-26(31(39)17-33(32)48-21-34(43)40-28-8-4-22(2)5-9-28)15-30-35(44)41-37(46)42(36(30)45)29-10-6-27(7-11-29)38-18-23-12-24(19-38)14-25(13-23)20-38/h4-11,15-17,23-25H,3,12-14,18-21H2,1-2H3,(H,40,43)(H,41,44,46)/b30-15+. The number of aryl methyl sites for hydroxylation is 1. The summed E-state index contributed by atoms with van der Waals surface area (Å²) in [6, 6.07) is 17.7. The molecule has 5 fully saturated rings. The summed E-state index contributed by atoms with van der Waals surface area (Å²) >= 11 is 3.51. The molecule has 8 rings (SSSR count). The molecule has 4 bridgehead atoms. The van der Waals surface area contributed by atoms with Crippen molar-refractivity contribution in [1.29, 1.82) is 0 Å². The zero-order valence-corrected chi connectivity index (χ0v) is 28.6. The van der Waals surface area contributed by atoms with Gasteiger partial charge in [0.15, 0.2) is 18.1 Å². The third-order valence-corrected chi connectivity index (χ3v) is 10.9. The molecule has 1 heterocycles. The summed E-state index contributed by atoms with van der Waals surface area (Å²) in [4.78, 5) is 53.3. The Morgan fingerprint density at radius 1 is 0.938 bits per heavy atom.